The molecule has 2 aliphatic heterocycles. The van der Waals surface area contributed by atoms with E-state index in [1.807, 2.05) is 12.1 Å². The van der Waals surface area contributed by atoms with Gasteiger partial charge in [-0.3, -0.25) is 33.5 Å². The molecule has 2 aromatic carbocycles. The highest BCUT2D eigenvalue weighted by molar-refractivity contribution is 6.00. The minimum absolute atomic E-state index is 0.00614. The maximum Gasteiger partial charge on any atom is 0.417 e. The van der Waals surface area contributed by atoms with Crippen molar-refractivity contribution in [1.29, 1.82) is 5.26 Å². The van der Waals surface area contributed by atoms with Gasteiger partial charge in [0.1, 0.15) is 11.6 Å². The smallest absolute Gasteiger partial charge is 0.367 e. The Kier molecular flexibility index (Phi) is 7.87. The van der Waals surface area contributed by atoms with E-state index < -0.39 is 40.7 Å². The molecule has 0 spiro atoms. The number of fused-ring (bicyclic) bond motifs is 1. The fourth-order valence-corrected chi connectivity index (χ4v) is 5.89. The molecule has 15 heteroatoms. The highest BCUT2D eigenvalue weighted by Crippen LogP contribution is 2.35. The van der Waals surface area contributed by atoms with Gasteiger partial charge in [0, 0.05) is 38.4 Å². The Bertz CT molecular complexity index is 2150. The Labute approximate surface area is 271 Å². The summed E-state index contributed by atoms with van der Waals surface area (Å²) in [5.41, 5.74) is -0.796. The second-order valence-electron chi connectivity index (χ2n) is 12.3. The molecule has 0 saturated carbocycles. The van der Waals surface area contributed by atoms with Crippen molar-refractivity contribution >= 4 is 40.1 Å². The first-order valence-electron chi connectivity index (χ1n) is 15.0. The van der Waals surface area contributed by atoms with Crippen molar-refractivity contribution < 1.29 is 27.6 Å². The number of aryl methyl sites for hydroxylation is 1. The Balaban J connectivity index is 1.14. The lowest BCUT2D eigenvalue weighted by atomic mass is 9.99. The van der Waals surface area contributed by atoms with Gasteiger partial charge >= 0.3 is 11.9 Å². The molecule has 0 radical (unpaired) electrons. The molecule has 2 fully saturated rings. The minimum Gasteiger partial charge on any atom is -0.367 e. The molecule has 2 saturated heterocycles. The standard InChI is InChI=1S/C33H29F3N8O4/c1-32(2,30(47)39-22-10-9-21(14-37)23(13-22)33(34,35)36)43-18-19(15-38-43)7-8-20-16-42(17-20)24-5-4-6-25-28(24)41(3)31(48)44(25)26-11-12-27(45)40-29(26)46/h4-6,9-10,13,15,18,20,26H,11-12,16-17H2,1-3H3,(H,39,47)(H,40,45,46). The molecule has 246 valence electrons. The van der Waals surface area contributed by atoms with E-state index in [4.69, 9.17) is 5.26 Å². The van der Waals surface area contributed by atoms with Crippen molar-refractivity contribution in [1.82, 2.24) is 24.2 Å². The van der Waals surface area contributed by atoms with Gasteiger partial charge < -0.3 is 10.2 Å². The van der Waals surface area contributed by atoms with Gasteiger partial charge in [-0.2, -0.15) is 23.5 Å². The Morgan fingerprint density at radius 3 is 2.56 bits per heavy atom. The van der Waals surface area contributed by atoms with E-state index in [0.717, 1.165) is 17.8 Å². The summed E-state index contributed by atoms with van der Waals surface area (Å²) < 4.78 is 44.5. The topological polar surface area (TPSA) is 147 Å². The van der Waals surface area contributed by atoms with Crippen LogP contribution in [0.4, 0.5) is 24.5 Å². The SMILES string of the molecule is Cn1c(=O)n(C2CCC(=O)NC2=O)c2cccc(N3CC(C#Cc4cnn(C(C)(C)C(=O)Nc5ccc(C#N)c(C(F)(F)F)c5)c4)C3)c21. The number of imide groups is 1. The number of halogens is 3. The number of hydrogen-bond acceptors (Lipinski definition) is 7. The largest absolute Gasteiger partial charge is 0.417 e. The monoisotopic (exact) mass is 658 g/mol. The van der Waals surface area contributed by atoms with E-state index in [9.17, 15) is 32.3 Å². The van der Waals surface area contributed by atoms with Crippen LogP contribution >= 0.6 is 0 Å². The normalized spacial score (nSPS) is 16.9. The number of benzene rings is 2. The molecule has 0 bridgehead atoms. The Hall–Kier alpha value is -5.83. The van der Waals surface area contributed by atoms with E-state index in [1.165, 1.54) is 32.1 Å². The summed E-state index contributed by atoms with van der Waals surface area (Å²) >= 11 is 0. The van der Waals surface area contributed by atoms with E-state index >= 15 is 0 Å². The Morgan fingerprint density at radius 1 is 1.12 bits per heavy atom. The molecule has 4 heterocycles. The number of anilines is 2. The molecule has 48 heavy (non-hydrogen) atoms. The predicted octanol–water partition coefficient (Wildman–Crippen LogP) is 3.27. The van der Waals surface area contributed by atoms with Crippen LogP contribution in [0.1, 0.15) is 49.4 Å². The van der Waals surface area contributed by atoms with E-state index in [0.29, 0.717) is 29.7 Å². The van der Waals surface area contributed by atoms with Crippen LogP contribution in [-0.4, -0.2) is 49.7 Å². The van der Waals surface area contributed by atoms with Gasteiger partial charge in [-0.25, -0.2) is 4.79 Å². The molecule has 3 amide bonds. The third-order valence-electron chi connectivity index (χ3n) is 8.66. The van der Waals surface area contributed by atoms with Crippen LogP contribution < -0.4 is 21.2 Å². The van der Waals surface area contributed by atoms with Gasteiger partial charge in [0.05, 0.1) is 51.6 Å². The number of rotatable bonds is 5. The fourth-order valence-electron chi connectivity index (χ4n) is 5.89. The molecule has 6 rings (SSSR count). The summed E-state index contributed by atoms with van der Waals surface area (Å²) in [6.07, 6.45) is -1.29. The summed E-state index contributed by atoms with van der Waals surface area (Å²) in [5.74, 6) is 4.80. The number of nitrogens with one attached hydrogen (secondary N) is 2. The van der Waals surface area contributed by atoms with E-state index in [2.05, 4.69) is 32.5 Å². The number of nitrogens with zero attached hydrogens (tertiary/aromatic N) is 6. The molecule has 2 aromatic heterocycles. The molecule has 0 aliphatic carbocycles. The number of amides is 3. The van der Waals surface area contributed by atoms with Crippen molar-refractivity contribution in [2.45, 2.75) is 44.4 Å². The van der Waals surface area contributed by atoms with Crippen molar-refractivity contribution in [3.63, 3.8) is 0 Å². The molecule has 4 aromatic rings. The lowest BCUT2D eigenvalue weighted by molar-refractivity contribution is -0.138. The van der Waals surface area contributed by atoms with Gasteiger partial charge in [0.2, 0.25) is 11.8 Å². The molecular formula is C33H29F3N8O4. The zero-order chi connectivity index (χ0) is 34.5. The Morgan fingerprint density at radius 2 is 1.88 bits per heavy atom. The number of carbonyl (C=O) groups excluding carboxylic acids is 3. The van der Waals surface area contributed by atoms with Crippen molar-refractivity contribution in [3.8, 4) is 17.9 Å². The average molecular weight is 659 g/mol. The number of nitriles is 1. The van der Waals surface area contributed by atoms with Crippen LogP contribution in [0.25, 0.3) is 11.0 Å². The first kappa shape index (κ1) is 32.1. The third-order valence-corrected chi connectivity index (χ3v) is 8.66. The maximum absolute atomic E-state index is 13.4. The van der Waals surface area contributed by atoms with Gasteiger partial charge in [-0.05, 0) is 50.6 Å². The number of piperidine rings is 1. The second kappa shape index (κ2) is 11.8. The lowest BCUT2D eigenvalue weighted by Crippen LogP contribution is -2.46. The van der Waals surface area contributed by atoms with Crippen LogP contribution in [-0.2, 0) is 33.1 Å². The van der Waals surface area contributed by atoms with Gasteiger partial charge in [-0.1, -0.05) is 17.9 Å². The lowest BCUT2D eigenvalue weighted by Gasteiger charge is -2.38. The van der Waals surface area contributed by atoms with Crippen LogP contribution in [0.5, 0.6) is 0 Å². The zero-order valence-electron chi connectivity index (χ0n) is 26.1. The summed E-state index contributed by atoms with van der Waals surface area (Å²) in [7, 11) is 1.65. The molecule has 1 atom stereocenters. The van der Waals surface area contributed by atoms with Crippen molar-refractivity contribution in [2.24, 2.45) is 13.0 Å². The number of alkyl halides is 3. The number of para-hydroxylation sites is 1. The van der Waals surface area contributed by atoms with Crippen LogP contribution in [0, 0.1) is 29.1 Å². The van der Waals surface area contributed by atoms with E-state index in [-0.39, 0.29) is 36.0 Å². The third kappa shape index (κ3) is 5.68. The summed E-state index contributed by atoms with van der Waals surface area (Å²) in [6.45, 7) is 4.28. The van der Waals surface area contributed by atoms with Gasteiger partial charge in [-0.15, -0.1) is 0 Å². The van der Waals surface area contributed by atoms with Crippen LogP contribution in [0.3, 0.4) is 0 Å². The summed E-state index contributed by atoms with van der Waals surface area (Å²) in [4.78, 5) is 52.6. The highest BCUT2D eigenvalue weighted by atomic mass is 19.4. The molecular weight excluding hydrogens is 629 g/mol. The average Bonchev–Trinajstić information content (AvgIpc) is 3.59. The number of carbonyl (C=O) groups is 3. The quantitative estimate of drug-likeness (QED) is 0.247. The maximum atomic E-state index is 13.4. The first-order chi connectivity index (χ1) is 22.7. The predicted molar refractivity (Wildman–Crippen MR) is 168 cm³/mol. The molecule has 2 aliphatic rings. The van der Waals surface area contributed by atoms with Crippen LogP contribution in [0.2, 0.25) is 0 Å². The fraction of sp³-hybridized carbons (Fsp3) is 0.333. The number of hydrogen-bond donors (Lipinski definition) is 2. The summed E-state index contributed by atoms with van der Waals surface area (Å²) in [5, 5.41) is 18.1. The summed E-state index contributed by atoms with van der Waals surface area (Å²) in [6, 6.07) is 9.20. The number of imidazole rings is 1. The number of aromatic nitrogens is 4. The molecule has 1 unspecified atom stereocenters. The highest BCUT2D eigenvalue weighted by Gasteiger charge is 2.36. The first-order valence-corrected chi connectivity index (χ1v) is 15.0. The zero-order valence-corrected chi connectivity index (χ0v) is 26.1. The van der Waals surface area contributed by atoms with E-state index in [1.54, 1.807) is 33.2 Å². The van der Waals surface area contributed by atoms with Crippen molar-refractivity contribution in [2.75, 3.05) is 23.3 Å². The van der Waals surface area contributed by atoms with Crippen molar-refractivity contribution in [3.05, 3.63) is 76.0 Å². The van der Waals surface area contributed by atoms with Crippen LogP contribution in [0.15, 0.2) is 53.6 Å². The minimum atomic E-state index is -4.76. The molecule has 12 nitrogen and oxygen atoms in total. The second-order valence-corrected chi connectivity index (χ2v) is 12.3. The molecule has 2 N–H and O–H groups in total. The van der Waals surface area contributed by atoms with Gasteiger partial charge in [0.15, 0.2) is 0 Å². The van der Waals surface area contributed by atoms with Gasteiger partial charge in [0.25, 0.3) is 5.91 Å².